The number of likely N-dealkylation sites (tertiary alicyclic amines) is 1. The molecular weight excluding hydrogens is 390 g/mol. The van der Waals surface area contributed by atoms with Crippen molar-refractivity contribution in [1.29, 1.82) is 0 Å². The van der Waals surface area contributed by atoms with E-state index in [2.05, 4.69) is 20.5 Å². The van der Waals surface area contributed by atoms with Gasteiger partial charge in [0.1, 0.15) is 5.82 Å². The van der Waals surface area contributed by atoms with E-state index >= 15 is 0 Å². The highest BCUT2D eigenvalue weighted by atomic mass is 16.2. The first-order valence-electron chi connectivity index (χ1n) is 12.5. The van der Waals surface area contributed by atoms with Crippen LogP contribution in [-0.4, -0.2) is 51.5 Å². The molecule has 5 saturated carbocycles. The minimum absolute atomic E-state index is 0.0496. The van der Waals surface area contributed by atoms with E-state index < -0.39 is 0 Å². The van der Waals surface area contributed by atoms with Gasteiger partial charge in [-0.15, -0.1) is 0 Å². The van der Waals surface area contributed by atoms with Crippen molar-refractivity contribution in [2.45, 2.75) is 82.5 Å². The number of rotatable bonds is 6. The van der Waals surface area contributed by atoms with Crippen LogP contribution in [0.25, 0.3) is 0 Å². The van der Waals surface area contributed by atoms with Gasteiger partial charge in [-0.05, 0) is 87.4 Å². The molecule has 7 rings (SSSR count). The SMILES string of the molecule is O=C(CC12CC3CC(CC(C3)C1)C2)NCC(=O)N1CCC(c2nc(C3CC3)n[nH]2)CC1. The second-order valence-corrected chi connectivity index (χ2v) is 11.4. The van der Waals surface area contributed by atoms with Gasteiger partial charge in [0.15, 0.2) is 5.82 Å². The Labute approximate surface area is 184 Å². The summed E-state index contributed by atoms with van der Waals surface area (Å²) < 4.78 is 0. The lowest BCUT2D eigenvalue weighted by Crippen LogP contribution is -2.49. The highest BCUT2D eigenvalue weighted by molar-refractivity contribution is 5.85. The van der Waals surface area contributed by atoms with Crippen LogP contribution >= 0.6 is 0 Å². The van der Waals surface area contributed by atoms with Gasteiger partial charge in [0.05, 0.1) is 6.54 Å². The van der Waals surface area contributed by atoms with Crippen LogP contribution in [0.4, 0.5) is 0 Å². The third-order valence-corrected chi connectivity index (χ3v) is 8.83. The molecule has 4 bridgehead atoms. The first kappa shape index (κ1) is 19.7. The van der Waals surface area contributed by atoms with Gasteiger partial charge in [0, 0.05) is 31.3 Å². The van der Waals surface area contributed by atoms with Gasteiger partial charge >= 0.3 is 0 Å². The maximum Gasteiger partial charge on any atom is 0.241 e. The Morgan fingerprint density at radius 1 is 0.968 bits per heavy atom. The first-order valence-corrected chi connectivity index (χ1v) is 12.5. The first-order chi connectivity index (χ1) is 15.1. The predicted octanol–water partition coefficient (Wildman–Crippen LogP) is 3.11. The monoisotopic (exact) mass is 425 g/mol. The summed E-state index contributed by atoms with van der Waals surface area (Å²) in [6.45, 7) is 1.60. The molecule has 0 atom stereocenters. The van der Waals surface area contributed by atoms with E-state index in [-0.39, 0.29) is 23.8 Å². The molecule has 5 aliphatic carbocycles. The Hall–Kier alpha value is -1.92. The Morgan fingerprint density at radius 2 is 1.61 bits per heavy atom. The van der Waals surface area contributed by atoms with Crippen molar-refractivity contribution in [3.63, 3.8) is 0 Å². The number of nitrogens with one attached hydrogen (secondary N) is 2. The molecule has 2 amide bonds. The lowest BCUT2D eigenvalue weighted by atomic mass is 9.49. The van der Waals surface area contributed by atoms with Crippen LogP contribution in [0.3, 0.4) is 0 Å². The summed E-state index contributed by atoms with van der Waals surface area (Å²) in [5.74, 6) is 5.56. The molecule has 168 valence electrons. The van der Waals surface area contributed by atoms with Gasteiger partial charge in [-0.25, -0.2) is 4.98 Å². The van der Waals surface area contributed by atoms with Crippen molar-refractivity contribution < 1.29 is 9.59 Å². The average Bonchev–Trinajstić information content (AvgIpc) is 3.47. The molecule has 31 heavy (non-hydrogen) atoms. The van der Waals surface area contributed by atoms with Crippen LogP contribution in [0, 0.1) is 23.2 Å². The second kappa shape index (κ2) is 7.59. The number of hydrogen-bond donors (Lipinski definition) is 2. The fourth-order valence-electron chi connectivity index (χ4n) is 7.59. The van der Waals surface area contributed by atoms with Crippen LogP contribution in [-0.2, 0) is 9.59 Å². The molecule has 0 spiro atoms. The van der Waals surface area contributed by atoms with Gasteiger partial charge in [0.25, 0.3) is 0 Å². The topological polar surface area (TPSA) is 91.0 Å². The van der Waals surface area contributed by atoms with Gasteiger partial charge in [-0.3, -0.25) is 14.7 Å². The van der Waals surface area contributed by atoms with Crippen molar-refractivity contribution in [2.75, 3.05) is 19.6 Å². The molecule has 0 radical (unpaired) electrons. The predicted molar refractivity (Wildman–Crippen MR) is 115 cm³/mol. The third kappa shape index (κ3) is 4.00. The Bertz CT molecular complexity index is 817. The quantitative estimate of drug-likeness (QED) is 0.733. The van der Waals surface area contributed by atoms with E-state index in [0.717, 1.165) is 55.3 Å². The third-order valence-electron chi connectivity index (χ3n) is 8.83. The molecule has 0 unspecified atom stereocenters. The Balaban J connectivity index is 0.962. The van der Waals surface area contributed by atoms with Crippen molar-refractivity contribution in [3.8, 4) is 0 Å². The molecule has 1 aliphatic heterocycles. The van der Waals surface area contributed by atoms with Crippen molar-refractivity contribution in [2.24, 2.45) is 23.2 Å². The maximum absolute atomic E-state index is 12.7. The molecular formula is C24H35N5O2. The molecule has 6 aliphatic rings. The summed E-state index contributed by atoms with van der Waals surface area (Å²) in [7, 11) is 0. The standard InChI is InChI=1S/C24H35N5O2/c30-20(13-24-10-15-7-16(11-24)9-17(8-15)12-24)25-14-21(31)29-5-3-19(4-6-29)23-26-22(27-28-23)18-1-2-18/h15-19H,1-14H2,(H,25,30)(H,26,27,28). The fraction of sp³-hybridized carbons (Fsp3) is 0.833. The van der Waals surface area contributed by atoms with Crippen LogP contribution in [0.15, 0.2) is 0 Å². The Morgan fingerprint density at radius 3 is 2.23 bits per heavy atom. The second-order valence-electron chi connectivity index (χ2n) is 11.4. The highest BCUT2D eigenvalue weighted by Gasteiger charge is 2.51. The molecule has 1 saturated heterocycles. The molecule has 7 heteroatoms. The maximum atomic E-state index is 12.7. The fourth-order valence-corrected chi connectivity index (χ4v) is 7.59. The smallest absolute Gasteiger partial charge is 0.241 e. The molecule has 7 nitrogen and oxygen atoms in total. The zero-order valence-corrected chi connectivity index (χ0v) is 18.4. The number of amides is 2. The lowest BCUT2D eigenvalue weighted by Gasteiger charge is -2.56. The van der Waals surface area contributed by atoms with Crippen LogP contribution in [0.2, 0.25) is 0 Å². The molecule has 0 aromatic carbocycles. The molecule has 6 fully saturated rings. The Kier molecular flexibility index (Phi) is 4.83. The number of aromatic nitrogens is 3. The van der Waals surface area contributed by atoms with E-state index in [9.17, 15) is 9.59 Å². The van der Waals surface area contributed by atoms with Gasteiger partial charge in [0.2, 0.25) is 11.8 Å². The average molecular weight is 426 g/mol. The number of hydrogen-bond acceptors (Lipinski definition) is 4. The highest BCUT2D eigenvalue weighted by Crippen LogP contribution is 2.61. The van der Waals surface area contributed by atoms with Crippen LogP contribution in [0.1, 0.15) is 94.1 Å². The van der Waals surface area contributed by atoms with E-state index in [1.54, 1.807) is 0 Å². The van der Waals surface area contributed by atoms with Gasteiger partial charge in [-0.1, -0.05) is 0 Å². The minimum Gasteiger partial charge on any atom is -0.347 e. The number of H-pyrrole nitrogens is 1. The number of carbonyl (C=O) groups is 2. The summed E-state index contributed by atoms with van der Waals surface area (Å²) >= 11 is 0. The number of piperidine rings is 1. The normalized spacial score (nSPS) is 34.8. The number of aromatic amines is 1. The van der Waals surface area contributed by atoms with Crippen molar-refractivity contribution in [3.05, 3.63) is 11.6 Å². The molecule has 1 aromatic heterocycles. The number of carbonyl (C=O) groups excluding carboxylic acids is 2. The van der Waals surface area contributed by atoms with E-state index in [0.29, 0.717) is 18.3 Å². The van der Waals surface area contributed by atoms with Crippen molar-refractivity contribution >= 4 is 11.8 Å². The summed E-state index contributed by atoms with van der Waals surface area (Å²) in [6, 6.07) is 0. The summed E-state index contributed by atoms with van der Waals surface area (Å²) in [6.07, 6.45) is 12.7. The summed E-state index contributed by atoms with van der Waals surface area (Å²) in [5.41, 5.74) is 0.233. The van der Waals surface area contributed by atoms with E-state index in [1.807, 2.05) is 4.90 Å². The van der Waals surface area contributed by atoms with E-state index in [4.69, 9.17) is 0 Å². The lowest BCUT2D eigenvalue weighted by molar-refractivity contribution is -0.136. The number of nitrogens with zero attached hydrogens (tertiary/aromatic N) is 3. The summed E-state index contributed by atoms with van der Waals surface area (Å²) in [4.78, 5) is 32.0. The van der Waals surface area contributed by atoms with Crippen molar-refractivity contribution in [1.82, 2.24) is 25.4 Å². The van der Waals surface area contributed by atoms with Crippen LogP contribution in [0.5, 0.6) is 0 Å². The minimum atomic E-state index is 0.0496. The summed E-state index contributed by atoms with van der Waals surface area (Å²) in [5, 5.41) is 10.5. The molecule has 2 N–H and O–H groups in total. The van der Waals surface area contributed by atoms with Gasteiger partial charge < -0.3 is 10.2 Å². The largest absolute Gasteiger partial charge is 0.347 e. The zero-order chi connectivity index (χ0) is 21.0. The molecule has 1 aromatic rings. The zero-order valence-electron chi connectivity index (χ0n) is 18.4. The molecule has 2 heterocycles. The van der Waals surface area contributed by atoms with Crippen LogP contribution < -0.4 is 5.32 Å². The van der Waals surface area contributed by atoms with E-state index in [1.165, 1.54) is 51.4 Å². The van der Waals surface area contributed by atoms with Gasteiger partial charge in [-0.2, -0.15) is 5.10 Å².